The summed E-state index contributed by atoms with van der Waals surface area (Å²) >= 11 is 5.54. The first-order valence-electron chi connectivity index (χ1n) is 6.66. The molecule has 0 bridgehead atoms. The Labute approximate surface area is 135 Å². The molecular weight excluding hydrogens is 316 g/mol. The van der Waals surface area contributed by atoms with E-state index in [1.54, 1.807) is 60.7 Å². The Bertz CT molecular complexity index is 741. The topological polar surface area (TPSA) is 34.1 Å². The first kappa shape index (κ1) is 16.3. The number of rotatable bonds is 2. The highest BCUT2D eigenvalue weighted by molar-refractivity contribution is 7.91. The van der Waals surface area contributed by atoms with Crippen LogP contribution < -0.4 is 0 Å². The molecule has 0 unspecified atom stereocenters. The fraction of sp³-hybridized carbons (Fsp3) is 0. The van der Waals surface area contributed by atoms with Crippen LogP contribution >= 0.6 is 11.6 Å². The molecule has 22 heavy (non-hydrogen) atoms. The summed E-state index contributed by atoms with van der Waals surface area (Å²) in [5, 5.41) is 0.794. The summed E-state index contributed by atoms with van der Waals surface area (Å²) in [4.78, 5) is 0.660. The van der Waals surface area contributed by atoms with Gasteiger partial charge in [0.25, 0.3) is 0 Å². The standard InChI is InChI=1S/C12H10O2S.C6H5Cl/c13-15(14,11-7-3-1-4-8-11)12-9-5-2-6-10-12;7-6-4-2-1-3-5-6/h1-10H;1-5H. The number of hydrogen-bond donors (Lipinski definition) is 0. The van der Waals surface area contributed by atoms with Gasteiger partial charge in [-0.05, 0) is 36.4 Å². The highest BCUT2D eigenvalue weighted by Gasteiger charge is 2.15. The Morgan fingerprint density at radius 1 is 0.545 bits per heavy atom. The fourth-order valence-corrected chi connectivity index (χ4v) is 3.20. The molecule has 0 aromatic heterocycles. The monoisotopic (exact) mass is 330 g/mol. The maximum atomic E-state index is 12.0. The van der Waals surface area contributed by atoms with Crippen molar-refractivity contribution in [2.24, 2.45) is 0 Å². The van der Waals surface area contributed by atoms with Crippen LogP contribution in [0.4, 0.5) is 0 Å². The zero-order chi connectivity index (χ0) is 15.8. The second-order valence-electron chi connectivity index (χ2n) is 4.43. The molecule has 3 aromatic carbocycles. The van der Waals surface area contributed by atoms with E-state index in [0.717, 1.165) is 5.02 Å². The van der Waals surface area contributed by atoms with Crippen LogP contribution in [0, 0.1) is 0 Å². The normalized spacial score (nSPS) is 10.4. The Kier molecular flexibility index (Phi) is 5.75. The van der Waals surface area contributed by atoms with Crippen molar-refractivity contribution in [1.29, 1.82) is 0 Å². The van der Waals surface area contributed by atoms with E-state index in [0.29, 0.717) is 9.79 Å². The Balaban J connectivity index is 0.000000211. The van der Waals surface area contributed by atoms with Gasteiger partial charge in [0.1, 0.15) is 0 Å². The molecule has 4 heteroatoms. The van der Waals surface area contributed by atoms with Crippen molar-refractivity contribution in [3.05, 3.63) is 96.0 Å². The minimum atomic E-state index is -3.34. The summed E-state index contributed by atoms with van der Waals surface area (Å²) in [6.07, 6.45) is 0. The van der Waals surface area contributed by atoms with Crippen LogP contribution in [0.1, 0.15) is 0 Å². The molecule has 0 heterocycles. The van der Waals surface area contributed by atoms with Gasteiger partial charge in [-0.15, -0.1) is 0 Å². The molecule has 2 nitrogen and oxygen atoms in total. The Morgan fingerprint density at radius 3 is 1.14 bits per heavy atom. The first-order chi connectivity index (χ1) is 10.6. The molecule has 3 aromatic rings. The van der Waals surface area contributed by atoms with Gasteiger partial charge in [0.2, 0.25) is 9.84 Å². The van der Waals surface area contributed by atoms with E-state index < -0.39 is 9.84 Å². The molecule has 0 aliphatic carbocycles. The lowest BCUT2D eigenvalue weighted by atomic mass is 10.4. The SMILES string of the molecule is Clc1ccccc1.O=S(=O)(c1ccccc1)c1ccccc1. The summed E-state index contributed by atoms with van der Waals surface area (Å²) in [5.74, 6) is 0. The van der Waals surface area contributed by atoms with Gasteiger partial charge in [0.15, 0.2) is 0 Å². The molecule has 0 saturated heterocycles. The minimum Gasteiger partial charge on any atom is -0.219 e. The molecule has 0 atom stereocenters. The smallest absolute Gasteiger partial charge is 0.206 e. The molecule has 0 N–H and O–H groups in total. The Hall–Kier alpha value is -2.10. The average molecular weight is 331 g/mol. The molecule has 0 amide bonds. The van der Waals surface area contributed by atoms with Crippen molar-refractivity contribution in [3.63, 3.8) is 0 Å². The summed E-state index contributed by atoms with van der Waals surface area (Å²) in [7, 11) is -3.34. The highest BCUT2D eigenvalue weighted by Crippen LogP contribution is 2.19. The van der Waals surface area contributed by atoms with E-state index in [-0.39, 0.29) is 0 Å². The van der Waals surface area contributed by atoms with Crippen molar-refractivity contribution in [1.82, 2.24) is 0 Å². The van der Waals surface area contributed by atoms with Crippen molar-refractivity contribution >= 4 is 21.4 Å². The molecule has 0 fully saturated rings. The third-order valence-electron chi connectivity index (χ3n) is 2.84. The lowest BCUT2D eigenvalue weighted by Gasteiger charge is -2.03. The van der Waals surface area contributed by atoms with Gasteiger partial charge in [-0.25, -0.2) is 8.42 Å². The van der Waals surface area contributed by atoms with E-state index in [1.807, 2.05) is 30.3 Å². The van der Waals surface area contributed by atoms with Crippen LogP contribution in [0.25, 0.3) is 0 Å². The number of sulfone groups is 1. The van der Waals surface area contributed by atoms with Crippen LogP contribution in [0.3, 0.4) is 0 Å². The van der Waals surface area contributed by atoms with Crippen molar-refractivity contribution in [2.75, 3.05) is 0 Å². The summed E-state index contributed by atoms with van der Waals surface area (Å²) in [5.41, 5.74) is 0. The second-order valence-corrected chi connectivity index (χ2v) is 6.81. The third-order valence-corrected chi connectivity index (χ3v) is 4.88. The zero-order valence-electron chi connectivity index (χ0n) is 11.8. The van der Waals surface area contributed by atoms with E-state index in [4.69, 9.17) is 11.6 Å². The summed E-state index contributed by atoms with van der Waals surface area (Å²) in [6, 6.07) is 26.3. The van der Waals surface area contributed by atoms with Crippen LogP contribution in [-0.4, -0.2) is 8.42 Å². The Morgan fingerprint density at radius 2 is 0.864 bits per heavy atom. The highest BCUT2D eigenvalue weighted by atomic mass is 35.5. The van der Waals surface area contributed by atoms with Gasteiger partial charge < -0.3 is 0 Å². The maximum Gasteiger partial charge on any atom is 0.206 e. The minimum absolute atomic E-state index is 0.330. The van der Waals surface area contributed by atoms with E-state index in [9.17, 15) is 8.42 Å². The predicted octanol–water partition coefficient (Wildman–Crippen LogP) is 4.86. The summed E-state index contributed by atoms with van der Waals surface area (Å²) in [6.45, 7) is 0. The molecular formula is C18H15ClO2S. The van der Waals surface area contributed by atoms with Crippen LogP contribution in [0.5, 0.6) is 0 Å². The van der Waals surface area contributed by atoms with Crippen LogP contribution in [0.2, 0.25) is 5.02 Å². The van der Waals surface area contributed by atoms with Gasteiger partial charge in [-0.1, -0.05) is 66.2 Å². The van der Waals surface area contributed by atoms with Crippen molar-refractivity contribution in [3.8, 4) is 0 Å². The summed E-state index contributed by atoms with van der Waals surface area (Å²) < 4.78 is 24.1. The van der Waals surface area contributed by atoms with Gasteiger partial charge in [0, 0.05) is 5.02 Å². The number of benzene rings is 3. The molecule has 0 saturated carbocycles. The van der Waals surface area contributed by atoms with Crippen LogP contribution in [0.15, 0.2) is 101 Å². The van der Waals surface area contributed by atoms with Crippen molar-refractivity contribution in [2.45, 2.75) is 9.79 Å². The van der Waals surface area contributed by atoms with Crippen molar-refractivity contribution < 1.29 is 8.42 Å². The maximum absolute atomic E-state index is 12.0. The lowest BCUT2D eigenvalue weighted by Crippen LogP contribution is -2.00. The van der Waals surface area contributed by atoms with Gasteiger partial charge >= 0.3 is 0 Å². The van der Waals surface area contributed by atoms with E-state index >= 15 is 0 Å². The quantitative estimate of drug-likeness (QED) is 0.672. The van der Waals surface area contributed by atoms with Gasteiger partial charge in [-0.2, -0.15) is 0 Å². The van der Waals surface area contributed by atoms with Gasteiger partial charge in [0.05, 0.1) is 9.79 Å². The zero-order valence-corrected chi connectivity index (χ0v) is 13.3. The van der Waals surface area contributed by atoms with E-state index in [2.05, 4.69) is 0 Å². The first-order valence-corrected chi connectivity index (χ1v) is 8.52. The predicted molar refractivity (Wildman–Crippen MR) is 89.8 cm³/mol. The molecule has 0 aliphatic rings. The van der Waals surface area contributed by atoms with Gasteiger partial charge in [-0.3, -0.25) is 0 Å². The van der Waals surface area contributed by atoms with E-state index in [1.165, 1.54) is 0 Å². The number of halogens is 1. The molecule has 0 aliphatic heterocycles. The largest absolute Gasteiger partial charge is 0.219 e. The lowest BCUT2D eigenvalue weighted by molar-refractivity contribution is 0.596. The number of hydrogen-bond acceptors (Lipinski definition) is 2. The molecule has 0 radical (unpaired) electrons. The third kappa shape index (κ3) is 4.45. The molecule has 112 valence electrons. The fourth-order valence-electron chi connectivity index (χ4n) is 1.75. The van der Waals surface area contributed by atoms with Crippen LogP contribution in [-0.2, 0) is 9.84 Å². The second kappa shape index (κ2) is 7.78. The molecule has 0 spiro atoms. The average Bonchev–Trinajstić information content (AvgIpc) is 2.58. The molecule has 3 rings (SSSR count).